The summed E-state index contributed by atoms with van der Waals surface area (Å²) in [5.74, 6) is -0.990. The van der Waals surface area contributed by atoms with Gasteiger partial charge in [0.05, 0.1) is 5.56 Å². The van der Waals surface area contributed by atoms with Crippen molar-refractivity contribution in [1.29, 1.82) is 0 Å². The summed E-state index contributed by atoms with van der Waals surface area (Å²) in [5.41, 5.74) is 9.06. The summed E-state index contributed by atoms with van der Waals surface area (Å²) >= 11 is 0. The summed E-state index contributed by atoms with van der Waals surface area (Å²) in [5, 5.41) is 2.73. The number of halogens is 1. The van der Waals surface area contributed by atoms with Crippen LogP contribution in [0.25, 0.3) is 11.1 Å². The number of carbonyl (C=O) groups excluding carboxylic acids is 1. The van der Waals surface area contributed by atoms with Crippen LogP contribution >= 0.6 is 0 Å². The summed E-state index contributed by atoms with van der Waals surface area (Å²) in [6.07, 6.45) is 0. The number of benzene rings is 2. The van der Waals surface area contributed by atoms with Crippen LogP contribution in [0.1, 0.15) is 35.3 Å². The fourth-order valence-corrected chi connectivity index (χ4v) is 2.23. The second-order valence-corrected chi connectivity index (χ2v) is 6.54. The maximum absolute atomic E-state index is 14.4. The maximum atomic E-state index is 14.4. The van der Waals surface area contributed by atoms with Crippen molar-refractivity contribution >= 4 is 5.91 Å². The van der Waals surface area contributed by atoms with Crippen molar-refractivity contribution in [3.63, 3.8) is 0 Å². The Morgan fingerprint density at radius 1 is 1.09 bits per heavy atom. The molecule has 1 amide bonds. The second-order valence-electron chi connectivity index (χ2n) is 6.54. The highest BCUT2D eigenvalue weighted by molar-refractivity contribution is 5.95. The Bertz CT molecular complexity index is 738. The highest BCUT2D eigenvalue weighted by atomic mass is 19.1. The Labute approximate surface area is 136 Å². The number of hydrogen-bond acceptors (Lipinski definition) is 2. The van der Waals surface area contributed by atoms with E-state index in [4.69, 9.17) is 5.73 Å². The van der Waals surface area contributed by atoms with Gasteiger partial charge in [-0.3, -0.25) is 4.79 Å². The topological polar surface area (TPSA) is 55.1 Å². The van der Waals surface area contributed by atoms with Gasteiger partial charge in [-0.05, 0) is 62.1 Å². The average Bonchev–Trinajstić information content (AvgIpc) is 2.49. The lowest BCUT2D eigenvalue weighted by Gasteiger charge is -2.24. The molecule has 0 aliphatic heterocycles. The number of rotatable bonds is 4. The highest BCUT2D eigenvalue weighted by Gasteiger charge is 2.21. The quantitative estimate of drug-likeness (QED) is 0.906. The molecule has 0 unspecified atom stereocenters. The molecule has 0 bridgehead atoms. The summed E-state index contributed by atoms with van der Waals surface area (Å²) in [7, 11) is 0. The van der Waals surface area contributed by atoms with E-state index < -0.39 is 17.3 Å². The Hall–Kier alpha value is -2.20. The van der Waals surface area contributed by atoms with Crippen molar-refractivity contribution in [2.24, 2.45) is 5.73 Å². The van der Waals surface area contributed by atoms with E-state index in [1.54, 1.807) is 19.9 Å². The third kappa shape index (κ3) is 3.96. The minimum absolute atomic E-state index is 0.0270. The zero-order valence-corrected chi connectivity index (χ0v) is 14.0. The summed E-state index contributed by atoms with van der Waals surface area (Å²) in [6, 6.07) is 10.6. The molecule has 2 aromatic rings. The van der Waals surface area contributed by atoms with Crippen LogP contribution in [0.15, 0.2) is 36.4 Å². The lowest BCUT2D eigenvalue weighted by atomic mass is 9.98. The van der Waals surface area contributed by atoms with Crippen LogP contribution in [0.4, 0.5) is 4.39 Å². The summed E-state index contributed by atoms with van der Waals surface area (Å²) < 4.78 is 14.4. The van der Waals surface area contributed by atoms with Gasteiger partial charge in [0.25, 0.3) is 5.91 Å². The first-order valence-electron chi connectivity index (χ1n) is 7.63. The van der Waals surface area contributed by atoms with Gasteiger partial charge >= 0.3 is 0 Å². The molecule has 3 N–H and O–H groups in total. The van der Waals surface area contributed by atoms with E-state index in [1.165, 1.54) is 17.7 Å². The first kappa shape index (κ1) is 17.2. The predicted molar refractivity (Wildman–Crippen MR) is 91.9 cm³/mol. The van der Waals surface area contributed by atoms with E-state index in [2.05, 4.69) is 5.32 Å². The fourth-order valence-electron chi connectivity index (χ4n) is 2.23. The molecular formula is C19H23FN2O. The molecule has 2 aromatic carbocycles. The molecule has 0 radical (unpaired) electrons. The van der Waals surface area contributed by atoms with Crippen LogP contribution in [0.2, 0.25) is 0 Å². The van der Waals surface area contributed by atoms with Crippen molar-refractivity contribution in [2.75, 3.05) is 6.54 Å². The van der Waals surface area contributed by atoms with Crippen molar-refractivity contribution in [2.45, 2.75) is 33.2 Å². The molecule has 0 atom stereocenters. The first-order chi connectivity index (χ1) is 10.7. The van der Waals surface area contributed by atoms with Gasteiger partial charge in [0.2, 0.25) is 0 Å². The van der Waals surface area contributed by atoms with Gasteiger partial charge in [-0.25, -0.2) is 4.39 Å². The minimum Gasteiger partial charge on any atom is -0.346 e. The number of aryl methyl sites for hydroxylation is 2. The monoisotopic (exact) mass is 314 g/mol. The number of nitrogens with two attached hydrogens (primary N) is 1. The average molecular weight is 314 g/mol. The largest absolute Gasteiger partial charge is 0.346 e. The summed E-state index contributed by atoms with van der Waals surface area (Å²) in [6.45, 7) is 7.93. The lowest BCUT2D eigenvalue weighted by Crippen LogP contribution is -2.49. The van der Waals surface area contributed by atoms with E-state index in [-0.39, 0.29) is 12.1 Å². The van der Waals surface area contributed by atoms with Gasteiger partial charge in [-0.15, -0.1) is 0 Å². The Morgan fingerprint density at radius 3 is 2.26 bits per heavy atom. The van der Waals surface area contributed by atoms with E-state index in [9.17, 15) is 9.18 Å². The number of nitrogens with one attached hydrogen (secondary N) is 1. The molecule has 0 aliphatic carbocycles. The fraction of sp³-hybridized carbons (Fsp3) is 0.316. The standard InChI is InChI=1S/C19H23FN2O/c1-12-5-6-14(9-13(12)2)15-7-8-16(17(20)10-15)18(23)22-19(3,4)11-21/h5-10H,11,21H2,1-4H3,(H,22,23). The molecule has 0 aromatic heterocycles. The van der Waals surface area contributed by atoms with Crippen molar-refractivity contribution in [3.8, 4) is 11.1 Å². The molecule has 0 heterocycles. The van der Waals surface area contributed by atoms with Crippen LogP contribution in [0.3, 0.4) is 0 Å². The molecule has 0 saturated carbocycles. The second kappa shape index (κ2) is 6.50. The minimum atomic E-state index is -0.573. The maximum Gasteiger partial charge on any atom is 0.254 e. The van der Waals surface area contributed by atoms with Crippen molar-refractivity contribution in [3.05, 3.63) is 58.9 Å². The third-order valence-electron chi connectivity index (χ3n) is 4.02. The van der Waals surface area contributed by atoms with Crippen molar-refractivity contribution in [1.82, 2.24) is 5.32 Å². The van der Waals surface area contributed by atoms with Crippen LogP contribution in [0.5, 0.6) is 0 Å². The van der Waals surface area contributed by atoms with Gasteiger partial charge in [0.15, 0.2) is 0 Å². The highest BCUT2D eigenvalue weighted by Crippen LogP contribution is 2.24. The Balaban J connectivity index is 2.30. The molecule has 2 rings (SSSR count). The smallest absolute Gasteiger partial charge is 0.254 e. The van der Waals surface area contributed by atoms with Gasteiger partial charge < -0.3 is 11.1 Å². The number of amides is 1. The SMILES string of the molecule is Cc1ccc(-c2ccc(C(=O)NC(C)(C)CN)c(F)c2)cc1C. The van der Waals surface area contributed by atoms with E-state index in [1.807, 2.05) is 32.0 Å². The number of hydrogen-bond donors (Lipinski definition) is 2. The first-order valence-corrected chi connectivity index (χ1v) is 7.63. The van der Waals surface area contributed by atoms with E-state index >= 15 is 0 Å². The van der Waals surface area contributed by atoms with Crippen LogP contribution in [-0.2, 0) is 0 Å². The third-order valence-corrected chi connectivity index (χ3v) is 4.02. The van der Waals surface area contributed by atoms with E-state index in [0.717, 1.165) is 16.7 Å². The number of carbonyl (C=O) groups is 1. The Kier molecular flexibility index (Phi) is 4.85. The van der Waals surface area contributed by atoms with E-state index in [0.29, 0.717) is 0 Å². The lowest BCUT2D eigenvalue weighted by molar-refractivity contribution is 0.0911. The zero-order valence-electron chi connectivity index (χ0n) is 14.0. The molecule has 0 aliphatic rings. The van der Waals surface area contributed by atoms with Gasteiger partial charge in [0.1, 0.15) is 5.82 Å². The molecule has 4 heteroatoms. The van der Waals surface area contributed by atoms with Crippen molar-refractivity contribution < 1.29 is 9.18 Å². The summed E-state index contributed by atoms with van der Waals surface area (Å²) in [4.78, 5) is 12.2. The molecular weight excluding hydrogens is 291 g/mol. The molecule has 0 saturated heterocycles. The molecule has 3 nitrogen and oxygen atoms in total. The Morgan fingerprint density at radius 2 is 1.70 bits per heavy atom. The van der Waals surface area contributed by atoms with Gasteiger partial charge in [-0.2, -0.15) is 0 Å². The van der Waals surface area contributed by atoms with Crippen LogP contribution in [0, 0.1) is 19.7 Å². The normalized spacial score (nSPS) is 11.4. The van der Waals surface area contributed by atoms with Gasteiger partial charge in [-0.1, -0.05) is 24.3 Å². The zero-order chi connectivity index (χ0) is 17.2. The van der Waals surface area contributed by atoms with Gasteiger partial charge in [0, 0.05) is 12.1 Å². The molecule has 23 heavy (non-hydrogen) atoms. The molecule has 0 spiro atoms. The predicted octanol–water partition coefficient (Wildman–Crippen LogP) is 3.58. The van der Waals surface area contributed by atoms with Crippen LogP contribution in [-0.4, -0.2) is 18.0 Å². The van der Waals surface area contributed by atoms with Crippen LogP contribution < -0.4 is 11.1 Å². The molecule has 0 fully saturated rings. The molecule has 122 valence electrons.